The van der Waals surface area contributed by atoms with Gasteiger partial charge in [0, 0.05) is 49.1 Å². The van der Waals surface area contributed by atoms with Crippen LogP contribution in [-0.2, 0) is 0 Å². The summed E-state index contributed by atoms with van der Waals surface area (Å²) in [6.45, 7) is 1.97. The molecule has 0 N–H and O–H groups in total. The molecule has 3 saturated heterocycles. The minimum Gasteiger partial charge on any atom is -0.481 e. The number of piperidine rings is 1. The fraction of sp³-hybridized carbons (Fsp3) is 0.381. The minimum absolute atomic E-state index is 0.0144. The Bertz CT molecular complexity index is 840. The molecule has 2 amide bonds. The number of methoxy groups -OCH3 is 1. The van der Waals surface area contributed by atoms with Crippen molar-refractivity contribution in [3.8, 4) is 5.88 Å². The van der Waals surface area contributed by atoms with E-state index < -0.39 is 0 Å². The number of ether oxygens (including phenoxy) is 1. The van der Waals surface area contributed by atoms with E-state index in [-0.39, 0.29) is 17.9 Å². The summed E-state index contributed by atoms with van der Waals surface area (Å²) in [6, 6.07) is 12.8. The van der Waals surface area contributed by atoms with Crippen LogP contribution in [0.25, 0.3) is 0 Å². The number of hydrogen-bond acceptors (Lipinski definition) is 4. The first kappa shape index (κ1) is 17.5. The Labute approximate surface area is 158 Å². The van der Waals surface area contributed by atoms with Gasteiger partial charge in [-0.05, 0) is 37.0 Å². The van der Waals surface area contributed by atoms with Gasteiger partial charge in [0.25, 0.3) is 11.8 Å². The lowest BCUT2D eigenvalue weighted by Gasteiger charge is -2.36. The number of hydrogen-bond donors (Lipinski definition) is 0. The molecule has 0 saturated carbocycles. The Morgan fingerprint density at radius 1 is 1.00 bits per heavy atom. The molecule has 2 unspecified atom stereocenters. The molecule has 0 spiro atoms. The van der Waals surface area contributed by atoms with E-state index in [1.807, 2.05) is 40.1 Å². The highest BCUT2D eigenvalue weighted by Crippen LogP contribution is 2.30. The molecule has 140 valence electrons. The molecular formula is C21H23N3O3. The Hall–Kier alpha value is -2.89. The zero-order valence-corrected chi connectivity index (χ0v) is 15.4. The number of benzene rings is 1. The van der Waals surface area contributed by atoms with Gasteiger partial charge in [0.1, 0.15) is 0 Å². The Balaban J connectivity index is 1.54. The van der Waals surface area contributed by atoms with E-state index in [4.69, 9.17) is 4.74 Å². The van der Waals surface area contributed by atoms with E-state index in [1.54, 1.807) is 18.3 Å². The summed E-state index contributed by atoms with van der Waals surface area (Å²) in [7, 11) is 1.54. The largest absolute Gasteiger partial charge is 0.481 e. The van der Waals surface area contributed by atoms with Crippen LogP contribution in [0.1, 0.15) is 33.6 Å². The average Bonchev–Trinajstić information content (AvgIpc) is 3.05. The lowest BCUT2D eigenvalue weighted by atomic mass is 9.94. The number of nitrogens with zero attached hydrogens (tertiary/aromatic N) is 3. The van der Waals surface area contributed by atoms with Crippen molar-refractivity contribution in [1.82, 2.24) is 14.8 Å². The molecular weight excluding hydrogens is 342 g/mol. The average molecular weight is 365 g/mol. The zero-order valence-electron chi connectivity index (χ0n) is 15.4. The fourth-order valence-corrected chi connectivity index (χ4v) is 4.08. The fourth-order valence-electron chi connectivity index (χ4n) is 4.08. The number of rotatable bonds is 3. The van der Waals surface area contributed by atoms with Crippen LogP contribution in [-0.4, -0.2) is 59.4 Å². The van der Waals surface area contributed by atoms with Crippen LogP contribution in [0.3, 0.4) is 0 Å². The standard InChI is InChI=1S/C21H23N3O3/c1-27-19-11-17(9-10-22-19)21(26)24-13-15-7-8-18(24)14-23(12-15)20(25)16-5-3-2-4-6-16/h2-6,9-11,15,18H,7-8,12-14H2,1H3. The van der Waals surface area contributed by atoms with Crippen molar-refractivity contribution in [2.75, 3.05) is 26.7 Å². The van der Waals surface area contributed by atoms with Gasteiger partial charge in [-0.1, -0.05) is 18.2 Å². The molecule has 2 bridgehead atoms. The van der Waals surface area contributed by atoms with Crippen LogP contribution in [0, 0.1) is 5.92 Å². The van der Waals surface area contributed by atoms with Crippen molar-refractivity contribution >= 4 is 11.8 Å². The number of carbonyl (C=O) groups excluding carboxylic acids is 2. The van der Waals surface area contributed by atoms with E-state index in [2.05, 4.69) is 4.98 Å². The van der Waals surface area contributed by atoms with E-state index >= 15 is 0 Å². The molecule has 2 atom stereocenters. The van der Waals surface area contributed by atoms with Crippen LogP contribution >= 0.6 is 0 Å². The molecule has 5 rings (SSSR count). The van der Waals surface area contributed by atoms with Crippen molar-refractivity contribution in [3.63, 3.8) is 0 Å². The molecule has 4 heterocycles. The minimum atomic E-state index is -0.0144. The highest BCUT2D eigenvalue weighted by Gasteiger charge is 2.39. The first-order valence-electron chi connectivity index (χ1n) is 9.31. The smallest absolute Gasteiger partial charge is 0.254 e. The van der Waals surface area contributed by atoms with Gasteiger partial charge in [-0.25, -0.2) is 4.98 Å². The van der Waals surface area contributed by atoms with E-state index in [1.165, 1.54) is 7.11 Å². The molecule has 0 aliphatic carbocycles. The van der Waals surface area contributed by atoms with E-state index in [0.29, 0.717) is 42.6 Å². The predicted molar refractivity (Wildman–Crippen MR) is 101 cm³/mol. The number of carbonyl (C=O) groups is 2. The van der Waals surface area contributed by atoms with E-state index in [9.17, 15) is 9.59 Å². The predicted octanol–water partition coefficient (Wildman–Crippen LogP) is 2.47. The van der Waals surface area contributed by atoms with Crippen LogP contribution in [0.5, 0.6) is 5.88 Å². The molecule has 6 nitrogen and oxygen atoms in total. The molecule has 1 aromatic carbocycles. The topological polar surface area (TPSA) is 62.7 Å². The lowest BCUT2D eigenvalue weighted by Crippen LogP contribution is -2.47. The normalized spacial score (nSPS) is 21.7. The third kappa shape index (κ3) is 3.52. The molecule has 3 aliphatic rings. The molecule has 1 aromatic heterocycles. The summed E-state index contributed by atoms with van der Waals surface area (Å²) in [5.74, 6) is 0.776. The monoisotopic (exact) mass is 365 g/mol. The summed E-state index contributed by atoms with van der Waals surface area (Å²) < 4.78 is 5.14. The van der Waals surface area contributed by atoms with Crippen LogP contribution in [0.15, 0.2) is 48.7 Å². The van der Waals surface area contributed by atoms with Crippen LogP contribution in [0.4, 0.5) is 0 Å². The van der Waals surface area contributed by atoms with Crippen LogP contribution in [0.2, 0.25) is 0 Å². The second-order valence-electron chi connectivity index (χ2n) is 7.22. The first-order valence-corrected chi connectivity index (χ1v) is 9.31. The van der Waals surface area contributed by atoms with Crippen molar-refractivity contribution in [2.24, 2.45) is 5.92 Å². The van der Waals surface area contributed by atoms with Crippen molar-refractivity contribution in [1.29, 1.82) is 0 Å². The summed E-state index contributed by atoms with van der Waals surface area (Å²) >= 11 is 0. The zero-order chi connectivity index (χ0) is 18.8. The number of pyridine rings is 1. The Morgan fingerprint density at radius 2 is 1.81 bits per heavy atom. The quantitative estimate of drug-likeness (QED) is 0.838. The van der Waals surface area contributed by atoms with Gasteiger partial charge >= 0.3 is 0 Å². The summed E-state index contributed by atoms with van der Waals surface area (Å²) in [6.07, 6.45) is 3.57. The molecule has 0 radical (unpaired) electrons. The van der Waals surface area contributed by atoms with Gasteiger partial charge in [0.2, 0.25) is 5.88 Å². The van der Waals surface area contributed by atoms with Gasteiger partial charge in [-0.15, -0.1) is 0 Å². The van der Waals surface area contributed by atoms with Crippen LogP contribution < -0.4 is 4.74 Å². The van der Waals surface area contributed by atoms with Crippen molar-refractivity contribution in [2.45, 2.75) is 18.9 Å². The van der Waals surface area contributed by atoms with Gasteiger partial charge < -0.3 is 14.5 Å². The second kappa shape index (κ2) is 7.39. The molecule has 2 aromatic rings. The number of fused-ring (bicyclic) bond motifs is 4. The summed E-state index contributed by atoms with van der Waals surface area (Å²) in [5, 5.41) is 0. The van der Waals surface area contributed by atoms with Crippen molar-refractivity contribution in [3.05, 3.63) is 59.8 Å². The van der Waals surface area contributed by atoms with Gasteiger partial charge in [0.05, 0.1) is 7.11 Å². The van der Waals surface area contributed by atoms with Crippen molar-refractivity contribution < 1.29 is 14.3 Å². The van der Waals surface area contributed by atoms with Gasteiger partial charge in [-0.3, -0.25) is 9.59 Å². The lowest BCUT2D eigenvalue weighted by molar-refractivity contribution is 0.0574. The Kier molecular flexibility index (Phi) is 4.79. The molecule has 27 heavy (non-hydrogen) atoms. The third-order valence-electron chi connectivity index (χ3n) is 5.47. The molecule has 6 heteroatoms. The van der Waals surface area contributed by atoms with E-state index in [0.717, 1.165) is 12.8 Å². The molecule has 3 aliphatic heterocycles. The second-order valence-corrected chi connectivity index (χ2v) is 7.22. The maximum atomic E-state index is 13.1. The van der Waals surface area contributed by atoms with Gasteiger partial charge in [0.15, 0.2) is 0 Å². The summed E-state index contributed by atoms with van der Waals surface area (Å²) in [4.78, 5) is 33.9. The van der Waals surface area contributed by atoms with Gasteiger partial charge in [-0.2, -0.15) is 0 Å². The third-order valence-corrected chi connectivity index (χ3v) is 5.47. The first-order chi connectivity index (χ1) is 13.2. The SMILES string of the molecule is COc1cc(C(=O)N2CC3CCC2CN(C(=O)c2ccccc2)C3)ccn1. The highest BCUT2D eigenvalue weighted by molar-refractivity contribution is 5.96. The highest BCUT2D eigenvalue weighted by atomic mass is 16.5. The molecule has 3 fully saturated rings. The Morgan fingerprint density at radius 3 is 2.59 bits per heavy atom. The number of amides is 2. The maximum Gasteiger partial charge on any atom is 0.254 e. The number of aromatic nitrogens is 1. The maximum absolute atomic E-state index is 13.1. The summed E-state index contributed by atoms with van der Waals surface area (Å²) in [5.41, 5.74) is 1.28.